The molecule has 2 aromatic rings. The lowest BCUT2D eigenvalue weighted by atomic mass is 9.93. The minimum absolute atomic E-state index is 0.653. The SMILES string of the molecule is CC1CCc2nc(/C(C#N)=C\c3cccc(Br)c3)sc2C1. The zero-order valence-corrected chi connectivity index (χ0v) is 14.2. The van der Waals surface area contributed by atoms with Crippen LogP contribution in [0.2, 0.25) is 0 Å². The number of rotatable bonds is 2. The van der Waals surface area contributed by atoms with Gasteiger partial charge in [-0.15, -0.1) is 11.3 Å². The van der Waals surface area contributed by atoms with Crippen LogP contribution in [-0.4, -0.2) is 4.98 Å². The summed E-state index contributed by atoms with van der Waals surface area (Å²) in [6, 6.07) is 10.3. The molecule has 0 aliphatic heterocycles. The first kappa shape index (κ1) is 14.5. The van der Waals surface area contributed by atoms with Gasteiger partial charge in [-0.25, -0.2) is 4.98 Å². The number of nitrogens with zero attached hydrogens (tertiary/aromatic N) is 2. The van der Waals surface area contributed by atoms with Crippen LogP contribution in [0.25, 0.3) is 11.6 Å². The molecule has 0 spiro atoms. The third-order valence-corrected chi connectivity index (χ3v) is 5.34. The van der Waals surface area contributed by atoms with Crippen molar-refractivity contribution in [3.63, 3.8) is 0 Å². The summed E-state index contributed by atoms with van der Waals surface area (Å²) >= 11 is 5.14. The molecule has 0 radical (unpaired) electrons. The normalized spacial score (nSPS) is 18.1. The molecule has 4 heteroatoms. The summed E-state index contributed by atoms with van der Waals surface area (Å²) in [5.74, 6) is 0.727. The molecule has 1 atom stereocenters. The van der Waals surface area contributed by atoms with Crippen LogP contribution in [0.4, 0.5) is 0 Å². The molecular formula is C17H15BrN2S. The Morgan fingerprint density at radius 3 is 3.14 bits per heavy atom. The van der Waals surface area contributed by atoms with Crippen LogP contribution >= 0.6 is 27.3 Å². The fourth-order valence-electron chi connectivity index (χ4n) is 2.56. The number of aryl methyl sites for hydroxylation is 1. The number of halogens is 1. The minimum Gasteiger partial charge on any atom is -0.240 e. The quantitative estimate of drug-likeness (QED) is 0.700. The summed E-state index contributed by atoms with van der Waals surface area (Å²) in [6.07, 6.45) is 5.26. The second kappa shape index (κ2) is 6.13. The molecule has 1 heterocycles. The summed E-state index contributed by atoms with van der Waals surface area (Å²) in [7, 11) is 0. The first-order valence-corrected chi connectivity index (χ1v) is 8.63. The van der Waals surface area contributed by atoms with Gasteiger partial charge >= 0.3 is 0 Å². The Balaban J connectivity index is 1.96. The highest BCUT2D eigenvalue weighted by atomic mass is 79.9. The van der Waals surface area contributed by atoms with E-state index in [1.54, 1.807) is 11.3 Å². The summed E-state index contributed by atoms with van der Waals surface area (Å²) in [4.78, 5) is 6.05. The molecule has 21 heavy (non-hydrogen) atoms. The second-order valence-corrected chi connectivity index (χ2v) is 7.46. The maximum Gasteiger partial charge on any atom is 0.134 e. The van der Waals surface area contributed by atoms with E-state index in [1.807, 2.05) is 30.3 Å². The molecule has 1 aliphatic rings. The van der Waals surface area contributed by atoms with Gasteiger partial charge in [-0.1, -0.05) is 35.0 Å². The number of fused-ring (bicyclic) bond motifs is 1. The Bertz CT molecular complexity index is 739. The van der Waals surface area contributed by atoms with Gasteiger partial charge in [0.15, 0.2) is 0 Å². The summed E-state index contributed by atoms with van der Waals surface area (Å²) in [5.41, 5.74) is 2.87. The molecule has 3 rings (SSSR count). The van der Waals surface area contributed by atoms with E-state index in [2.05, 4.69) is 28.9 Å². The van der Waals surface area contributed by atoms with E-state index in [4.69, 9.17) is 4.98 Å². The van der Waals surface area contributed by atoms with E-state index in [1.165, 1.54) is 17.0 Å². The Labute approximate surface area is 137 Å². The maximum atomic E-state index is 9.46. The Morgan fingerprint density at radius 2 is 2.38 bits per heavy atom. The van der Waals surface area contributed by atoms with E-state index in [0.717, 1.165) is 33.8 Å². The Morgan fingerprint density at radius 1 is 1.52 bits per heavy atom. The van der Waals surface area contributed by atoms with Crippen LogP contribution in [0.5, 0.6) is 0 Å². The number of hydrogen-bond acceptors (Lipinski definition) is 3. The van der Waals surface area contributed by atoms with Gasteiger partial charge in [-0.2, -0.15) is 5.26 Å². The van der Waals surface area contributed by atoms with Gasteiger partial charge in [0.25, 0.3) is 0 Å². The lowest BCUT2D eigenvalue weighted by Gasteiger charge is -2.15. The van der Waals surface area contributed by atoms with Crippen molar-refractivity contribution < 1.29 is 0 Å². The molecule has 0 bridgehead atoms. The van der Waals surface area contributed by atoms with Crippen molar-refractivity contribution in [2.45, 2.75) is 26.2 Å². The van der Waals surface area contributed by atoms with Crippen molar-refractivity contribution in [2.24, 2.45) is 5.92 Å². The van der Waals surface area contributed by atoms with Crippen molar-refractivity contribution in [2.75, 3.05) is 0 Å². The molecular weight excluding hydrogens is 344 g/mol. The highest BCUT2D eigenvalue weighted by Crippen LogP contribution is 2.33. The summed E-state index contributed by atoms with van der Waals surface area (Å²) in [6.45, 7) is 2.28. The highest BCUT2D eigenvalue weighted by molar-refractivity contribution is 9.10. The number of benzene rings is 1. The topological polar surface area (TPSA) is 36.7 Å². The third kappa shape index (κ3) is 3.25. The lowest BCUT2D eigenvalue weighted by Crippen LogP contribution is -2.09. The molecule has 1 aromatic carbocycles. The molecule has 0 saturated heterocycles. The predicted octanol–water partition coefficient (Wildman–Crippen LogP) is 5.09. The Kier molecular flexibility index (Phi) is 4.23. The van der Waals surface area contributed by atoms with Gasteiger partial charge in [0.1, 0.15) is 11.1 Å². The van der Waals surface area contributed by atoms with Gasteiger partial charge < -0.3 is 0 Å². The van der Waals surface area contributed by atoms with Crippen LogP contribution in [0.1, 0.15) is 34.5 Å². The smallest absolute Gasteiger partial charge is 0.134 e. The maximum absolute atomic E-state index is 9.46. The fourth-order valence-corrected chi connectivity index (χ4v) is 4.21. The van der Waals surface area contributed by atoms with Crippen molar-refractivity contribution in [3.05, 3.63) is 49.9 Å². The third-order valence-electron chi connectivity index (χ3n) is 3.70. The van der Waals surface area contributed by atoms with Crippen molar-refractivity contribution >= 4 is 38.9 Å². The number of thiazole rings is 1. The highest BCUT2D eigenvalue weighted by Gasteiger charge is 2.20. The van der Waals surface area contributed by atoms with Crippen LogP contribution < -0.4 is 0 Å². The molecule has 0 N–H and O–H groups in total. The fraction of sp³-hybridized carbons (Fsp3) is 0.294. The van der Waals surface area contributed by atoms with Crippen LogP contribution in [-0.2, 0) is 12.8 Å². The van der Waals surface area contributed by atoms with Crippen LogP contribution in [0.3, 0.4) is 0 Å². The van der Waals surface area contributed by atoms with E-state index < -0.39 is 0 Å². The largest absolute Gasteiger partial charge is 0.240 e. The average molecular weight is 359 g/mol. The minimum atomic E-state index is 0.653. The number of allylic oxidation sites excluding steroid dienone is 1. The molecule has 1 aliphatic carbocycles. The Hall–Kier alpha value is -1.44. The van der Waals surface area contributed by atoms with Crippen molar-refractivity contribution in [3.8, 4) is 6.07 Å². The summed E-state index contributed by atoms with van der Waals surface area (Å²) in [5, 5.41) is 10.3. The van der Waals surface area contributed by atoms with Gasteiger partial charge in [0.2, 0.25) is 0 Å². The standard InChI is InChI=1S/C17H15BrN2S/c1-11-5-6-15-16(7-11)21-17(20-15)13(10-19)8-12-3-2-4-14(18)9-12/h2-4,8-9,11H,5-7H2,1H3/b13-8-. The molecule has 0 amide bonds. The number of nitriles is 1. The number of hydrogen-bond donors (Lipinski definition) is 0. The van der Waals surface area contributed by atoms with Gasteiger partial charge in [0.05, 0.1) is 11.3 Å². The van der Waals surface area contributed by atoms with Crippen LogP contribution in [0, 0.1) is 17.2 Å². The zero-order chi connectivity index (χ0) is 14.8. The van der Waals surface area contributed by atoms with E-state index >= 15 is 0 Å². The molecule has 2 nitrogen and oxygen atoms in total. The van der Waals surface area contributed by atoms with Gasteiger partial charge in [-0.05, 0) is 49.0 Å². The van der Waals surface area contributed by atoms with E-state index in [-0.39, 0.29) is 0 Å². The monoisotopic (exact) mass is 358 g/mol. The molecule has 1 aromatic heterocycles. The van der Waals surface area contributed by atoms with E-state index in [0.29, 0.717) is 5.57 Å². The molecule has 1 unspecified atom stereocenters. The van der Waals surface area contributed by atoms with Crippen molar-refractivity contribution in [1.82, 2.24) is 4.98 Å². The molecule has 0 saturated carbocycles. The average Bonchev–Trinajstić information content (AvgIpc) is 2.87. The summed E-state index contributed by atoms with van der Waals surface area (Å²) < 4.78 is 1.01. The predicted molar refractivity (Wildman–Crippen MR) is 90.9 cm³/mol. The zero-order valence-electron chi connectivity index (χ0n) is 11.8. The van der Waals surface area contributed by atoms with E-state index in [9.17, 15) is 5.26 Å². The molecule has 0 fully saturated rings. The lowest BCUT2D eigenvalue weighted by molar-refractivity contribution is 0.502. The first-order valence-electron chi connectivity index (χ1n) is 7.02. The first-order chi connectivity index (χ1) is 10.2. The van der Waals surface area contributed by atoms with Gasteiger partial charge in [0, 0.05) is 9.35 Å². The van der Waals surface area contributed by atoms with Crippen molar-refractivity contribution in [1.29, 1.82) is 5.26 Å². The number of aromatic nitrogens is 1. The second-order valence-electron chi connectivity index (χ2n) is 5.46. The molecule has 106 valence electrons. The van der Waals surface area contributed by atoms with Gasteiger partial charge in [-0.3, -0.25) is 0 Å². The van der Waals surface area contributed by atoms with Crippen LogP contribution in [0.15, 0.2) is 28.7 Å².